The number of benzene rings is 8. The smallest absolute Gasteiger partial charge is 0.409 e. The molecular formula is C103H110N16O20P2. The van der Waals surface area contributed by atoms with E-state index in [4.69, 9.17) is 75.5 Å². The van der Waals surface area contributed by atoms with E-state index < -0.39 is 108 Å². The van der Waals surface area contributed by atoms with Crippen molar-refractivity contribution in [3.8, 4) is 45.9 Å². The average molecular weight is 1950 g/mol. The zero-order valence-electron chi connectivity index (χ0n) is 79.2. The molecular weight excluding hydrogens is 1840 g/mol. The largest absolute Gasteiger partial charge is 0.497 e. The molecule has 0 saturated carbocycles. The summed E-state index contributed by atoms with van der Waals surface area (Å²) in [6.45, 7) is 7.68. The monoisotopic (exact) mass is 1950 g/mol. The third-order valence-corrected chi connectivity index (χ3v) is 28.3. The normalized spacial score (nSPS) is 16.9. The minimum atomic E-state index is -2.51. The first-order valence-electron chi connectivity index (χ1n) is 46.6. The van der Waals surface area contributed by atoms with Crippen LogP contribution in [0.5, 0.6) is 11.5 Å². The molecule has 6 heterocycles. The first kappa shape index (κ1) is 100. The van der Waals surface area contributed by atoms with Gasteiger partial charge in [0.15, 0.2) is 34.8 Å². The molecule has 2 aliphatic heterocycles. The van der Waals surface area contributed by atoms with Crippen LogP contribution in [-0.2, 0) is 77.6 Å². The number of rotatable bonds is 45. The maximum absolute atomic E-state index is 14.2. The molecule has 4 aromatic heterocycles. The summed E-state index contributed by atoms with van der Waals surface area (Å²) in [7, 11) is 1.93. The summed E-state index contributed by atoms with van der Waals surface area (Å²) in [6, 6.07) is 67.7. The maximum Gasteiger partial charge on any atom is 0.409 e. The molecule has 38 heteroatoms. The highest BCUT2D eigenvalue weighted by molar-refractivity contribution is 7.44. The summed E-state index contributed by atoms with van der Waals surface area (Å²) in [5.41, 5.74) is 10.3. The van der Waals surface area contributed by atoms with E-state index in [1.54, 1.807) is 61.7 Å². The molecule has 5 amide bonds. The van der Waals surface area contributed by atoms with Crippen LogP contribution in [0.3, 0.4) is 0 Å². The quantitative estimate of drug-likeness (QED) is 0.00905. The lowest BCUT2D eigenvalue weighted by atomic mass is 9.80. The number of nitriles is 2. The van der Waals surface area contributed by atoms with Gasteiger partial charge < -0.3 is 80.9 Å². The number of aromatic amines is 1. The topological polar surface area (TPSA) is 423 Å². The van der Waals surface area contributed by atoms with Crippen LogP contribution >= 0.6 is 17.1 Å². The van der Waals surface area contributed by atoms with Crippen LogP contribution in [-0.4, -0.2) is 214 Å². The van der Waals surface area contributed by atoms with Crippen LogP contribution in [0.4, 0.5) is 21.4 Å². The Labute approximate surface area is 817 Å². The molecule has 2 saturated heterocycles. The fourth-order valence-corrected chi connectivity index (χ4v) is 20.9. The van der Waals surface area contributed by atoms with Gasteiger partial charge in [-0.25, -0.2) is 34.2 Å². The van der Waals surface area contributed by atoms with Crippen molar-refractivity contribution < 1.29 is 89.3 Å². The number of carbonyl (C=O) groups is 6. The minimum absolute atomic E-state index is 0.0422. The number of anilines is 2. The third kappa shape index (κ3) is 23.6. The van der Waals surface area contributed by atoms with Crippen LogP contribution in [0.2, 0.25) is 0 Å². The molecule has 4 unspecified atom stereocenters. The Bertz CT molecular complexity index is 6400. The van der Waals surface area contributed by atoms with E-state index in [2.05, 4.69) is 72.0 Å². The van der Waals surface area contributed by atoms with Crippen molar-refractivity contribution in [1.29, 1.82) is 10.5 Å². The first-order chi connectivity index (χ1) is 68.6. The van der Waals surface area contributed by atoms with Gasteiger partial charge in [0.2, 0.25) is 11.9 Å². The van der Waals surface area contributed by atoms with Crippen molar-refractivity contribution >= 4 is 87.1 Å². The van der Waals surface area contributed by atoms with E-state index >= 15 is 0 Å². The number of fused-ring (bicyclic) bond motifs is 8. The van der Waals surface area contributed by atoms with E-state index in [0.717, 1.165) is 61.2 Å². The number of hydrogen-bond donors (Lipinski definition) is 4. The lowest BCUT2D eigenvalue weighted by Gasteiger charge is -2.37. The number of nitrogens with zero attached hydrogens (tertiary/aromatic N) is 12. The predicted octanol–water partition coefficient (Wildman–Crippen LogP) is 16.5. The summed E-state index contributed by atoms with van der Waals surface area (Å²) in [5.74, 6) is -1.32. The van der Waals surface area contributed by atoms with Gasteiger partial charge in [0, 0.05) is 88.9 Å². The van der Waals surface area contributed by atoms with Crippen molar-refractivity contribution in [3.05, 3.63) is 280 Å². The Hall–Kier alpha value is -13.8. The molecule has 12 aromatic rings. The highest BCUT2D eigenvalue weighted by Gasteiger charge is 2.48. The molecule has 732 valence electrons. The zero-order valence-corrected chi connectivity index (χ0v) is 81.0. The number of hydrogen-bond acceptors (Lipinski definition) is 28. The SMILES string of the molecule is COc1ccc(C(OC[C@H]2O[C@@H](n3cnc4c(NC(=O)c5ccc(CNC(=O)COC(=O)CCCN(C)C(=O)OCC6c7ccccc7-c7ccccc76)cc5)ncnc43)CC2OP(OCCC#N)OC[C@H]2O[C@@H](n3cnc4c(=O)[nH]c(NC(=O)CCCN(C)C(=O)OCC5c6ccccc6-c6ccccc65)nc43)CC2OP(OCCC#N)N(C(C)C)C(C)C)(c2ccccc2)c2ccc(OC)cc2)cc1. The fourth-order valence-electron chi connectivity index (χ4n) is 18.0. The van der Waals surface area contributed by atoms with E-state index in [0.29, 0.717) is 17.1 Å². The fraction of sp³-hybridized carbons (Fsp3) is 0.359. The highest BCUT2D eigenvalue weighted by Crippen LogP contribution is 2.54. The van der Waals surface area contributed by atoms with E-state index in [1.807, 2.05) is 179 Å². The Kier molecular flexibility index (Phi) is 33.3. The third-order valence-electron chi connectivity index (χ3n) is 24.9. The van der Waals surface area contributed by atoms with E-state index in [1.165, 1.54) is 28.8 Å². The number of carbonyl (C=O) groups excluding carboxylic acids is 6. The van der Waals surface area contributed by atoms with E-state index in [-0.39, 0.29) is 174 Å². The Balaban J connectivity index is 0.605. The lowest BCUT2D eigenvalue weighted by molar-refractivity contribution is -0.148. The van der Waals surface area contributed by atoms with Gasteiger partial charge in [-0.2, -0.15) is 15.5 Å². The minimum Gasteiger partial charge on any atom is -0.497 e. The van der Waals surface area contributed by atoms with Crippen LogP contribution in [0.15, 0.2) is 224 Å². The molecule has 36 nitrogen and oxygen atoms in total. The molecule has 4 N–H and O–H groups in total. The standard InChI is InChI=1S/C103H110N16O20P2/c1-65(2)119(66(3)4)140(133-52-22-48-104)138-84-54-91(118-64-110-94-97(118)113-100(114-99(94)124)111-88(120)34-20-50-115(5)101(125)130-57-82-78-30-16-12-26-74(78)75-27-13-17-31-79(75)82)137-87(84)60-135-141(134-53-23-49-105)139-85-55-90(136-86(85)59-132-103(69-24-10-9-11-25-69,70-40-44-72(127-7)45-41-70)71-42-46-73(128-8)47-43-71)117-63-109-93-95(107-62-108-96(93)117)112-98(123)68-38-36-67(37-39-68)56-106-89(121)61-129-92(122)35-21-51-116(6)102(126)131-58-83-80-32-18-14-28-76(80)77-29-15-19-33-81(77)83/h9-19,24-33,36-47,62-66,82-87,90-91H,20-23,34-35,50-61H2,1-8H3,(H,106,121)(H,107,108,112,123)(H2,111,113,114,120,124)/t84?,85?,86-,87-,90-,91-,140?,141?/m1/s1. The summed E-state index contributed by atoms with van der Waals surface area (Å²) >= 11 is 0. The molecule has 141 heavy (non-hydrogen) atoms. The molecule has 0 radical (unpaired) electrons. The van der Waals surface area contributed by atoms with Gasteiger partial charge in [-0.1, -0.05) is 164 Å². The molecule has 4 aliphatic rings. The van der Waals surface area contributed by atoms with Crippen molar-refractivity contribution in [3.63, 3.8) is 0 Å². The van der Waals surface area contributed by atoms with Crippen molar-refractivity contribution in [2.45, 2.75) is 152 Å². The number of H-pyrrole nitrogens is 1. The number of methoxy groups -OCH3 is 2. The van der Waals surface area contributed by atoms with Gasteiger partial charge in [-0.3, -0.25) is 43.4 Å². The van der Waals surface area contributed by atoms with Gasteiger partial charge in [-0.15, -0.1) is 0 Å². The number of amides is 5. The number of aromatic nitrogens is 8. The van der Waals surface area contributed by atoms with Gasteiger partial charge >= 0.3 is 26.8 Å². The molecule has 8 aromatic carbocycles. The molecule has 8 atom stereocenters. The predicted molar refractivity (Wildman–Crippen MR) is 522 cm³/mol. The Morgan fingerprint density at radius 2 is 1.05 bits per heavy atom. The van der Waals surface area contributed by atoms with E-state index in [9.17, 15) is 44.1 Å². The first-order valence-corrected chi connectivity index (χ1v) is 48.8. The average Bonchev–Trinajstić information content (AvgIpc) is 1.21. The second-order valence-corrected chi connectivity index (χ2v) is 37.3. The summed E-state index contributed by atoms with van der Waals surface area (Å²) in [4.78, 5) is 123. The molecule has 0 spiro atoms. The van der Waals surface area contributed by atoms with Crippen molar-refractivity contribution in [1.82, 2.24) is 58.8 Å². The number of ether oxygens (including phenoxy) is 8. The number of esters is 1. The Morgan fingerprint density at radius 1 is 0.546 bits per heavy atom. The second-order valence-electron chi connectivity index (χ2n) is 34.7. The number of nitrogens with one attached hydrogen (secondary N) is 4. The summed E-state index contributed by atoms with van der Waals surface area (Å²) < 4.78 is 89.5. The van der Waals surface area contributed by atoms with Crippen LogP contribution in [0.1, 0.15) is 158 Å². The zero-order chi connectivity index (χ0) is 98.6. The number of imidazole rings is 2. The molecule has 16 rings (SSSR count). The Morgan fingerprint density at radius 3 is 1.60 bits per heavy atom. The summed E-state index contributed by atoms with van der Waals surface area (Å²) in [6.07, 6.45) is -2.01. The van der Waals surface area contributed by atoms with Gasteiger partial charge in [-0.05, 0) is 144 Å². The maximum atomic E-state index is 14.2. The van der Waals surface area contributed by atoms with Crippen molar-refractivity contribution in [2.24, 2.45) is 0 Å². The van der Waals surface area contributed by atoms with Gasteiger partial charge in [0.25, 0.3) is 25.9 Å². The van der Waals surface area contributed by atoms with Gasteiger partial charge in [0.1, 0.15) is 61.3 Å². The molecule has 2 fully saturated rings. The second kappa shape index (κ2) is 47.0. The van der Waals surface area contributed by atoms with Crippen LogP contribution in [0.25, 0.3) is 44.6 Å². The molecule has 2 aliphatic carbocycles. The van der Waals surface area contributed by atoms with Crippen molar-refractivity contribution in [2.75, 3.05) is 98.3 Å². The molecule has 0 bridgehead atoms. The highest BCUT2D eigenvalue weighted by atomic mass is 31.2. The van der Waals surface area contributed by atoms with Crippen LogP contribution in [0, 0.1) is 22.7 Å². The summed E-state index contributed by atoms with van der Waals surface area (Å²) in [5, 5.41) is 28.2. The van der Waals surface area contributed by atoms with Gasteiger partial charge in [0.05, 0.1) is 90.5 Å². The van der Waals surface area contributed by atoms with Crippen LogP contribution < -0.4 is 31.0 Å². The lowest BCUT2D eigenvalue weighted by Crippen LogP contribution is -2.38.